The monoisotopic (exact) mass is 170 g/mol. The van der Waals surface area contributed by atoms with E-state index < -0.39 is 4.92 Å². The third kappa shape index (κ3) is 3.12. The van der Waals surface area contributed by atoms with Crippen molar-refractivity contribution in [3.63, 3.8) is 0 Å². The van der Waals surface area contributed by atoms with Crippen molar-refractivity contribution < 1.29 is 4.92 Å². The number of hydrogen-bond acceptors (Lipinski definition) is 3. The summed E-state index contributed by atoms with van der Waals surface area (Å²) >= 11 is 0. The SMILES string of the molecule is C.Cc1ccc([N+](=O)[O-])cc1.N. The summed E-state index contributed by atoms with van der Waals surface area (Å²) in [6, 6.07) is 6.43. The number of hydrogen-bond donors (Lipinski definition) is 1. The Morgan fingerprint density at radius 1 is 1.25 bits per heavy atom. The fourth-order valence-electron chi connectivity index (χ4n) is 0.666. The van der Waals surface area contributed by atoms with Crippen LogP contribution in [0.4, 0.5) is 5.69 Å². The molecule has 4 heteroatoms. The van der Waals surface area contributed by atoms with Gasteiger partial charge in [-0.15, -0.1) is 0 Å². The van der Waals surface area contributed by atoms with Crippen LogP contribution in [-0.4, -0.2) is 4.92 Å². The molecule has 0 spiro atoms. The minimum atomic E-state index is -0.403. The molecule has 4 nitrogen and oxygen atoms in total. The first-order chi connectivity index (χ1) is 4.70. The van der Waals surface area contributed by atoms with Crippen LogP contribution >= 0.6 is 0 Å². The first-order valence-corrected chi connectivity index (χ1v) is 2.91. The maximum absolute atomic E-state index is 10.1. The van der Waals surface area contributed by atoms with Gasteiger partial charge in [-0.05, 0) is 6.92 Å². The summed E-state index contributed by atoms with van der Waals surface area (Å²) in [5.41, 5.74) is 1.18. The lowest BCUT2D eigenvalue weighted by Gasteiger charge is -1.90. The van der Waals surface area contributed by atoms with E-state index in [1.165, 1.54) is 12.1 Å². The summed E-state index contributed by atoms with van der Waals surface area (Å²) in [7, 11) is 0. The second kappa shape index (κ2) is 5.26. The van der Waals surface area contributed by atoms with Crippen molar-refractivity contribution in [2.45, 2.75) is 14.4 Å². The van der Waals surface area contributed by atoms with Crippen LogP contribution < -0.4 is 6.15 Å². The number of nitro groups is 1. The summed E-state index contributed by atoms with van der Waals surface area (Å²) in [6.45, 7) is 1.89. The minimum Gasteiger partial charge on any atom is -0.344 e. The topological polar surface area (TPSA) is 78.1 Å². The van der Waals surface area contributed by atoms with Crippen LogP contribution in [-0.2, 0) is 0 Å². The van der Waals surface area contributed by atoms with Gasteiger partial charge < -0.3 is 6.15 Å². The van der Waals surface area contributed by atoms with Gasteiger partial charge in [0.1, 0.15) is 0 Å². The molecule has 3 N–H and O–H groups in total. The highest BCUT2D eigenvalue weighted by molar-refractivity contribution is 5.31. The zero-order valence-electron chi connectivity index (χ0n) is 6.28. The summed E-state index contributed by atoms with van der Waals surface area (Å²) in [5, 5.41) is 10.1. The van der Waals surface area contributed by atoms with Crippen molar-refractivity contribution >= 4 is 5.69 Å². The molecular formula is C8H14N2O2. The molecule has 1 aromatic rings. The molecule has 0 atom stereocenters. The van der Waals surface area contributed by atoms with Crippen LogP contribution in [0.2, 0.25) is 0 Å². The molecule has 68 valence electrons. The lowest BCUT2D eigenvalue weighted by molar-refractivity contribution is -0.384. The van der Waals surface area contributed by atoms with E-state index in [4.69, 9.17) is 0 Å². The quantitative estimate of drug-likeness (QED) is 0.519. The van der Waals surface area contributed by atoms with Gasteiger partial charge in [-0.1, -0.05) is 25.1 Å². The van der Waals surface area contributed by atoms with Gasteiger partial charge in [0.05, 0.1) is 4.92 Å². The standard InChI is InChI=1S/C7H7NO2.CH4.H3N/c1-6-2-4-7(5-3-6)8(9)10;;/h2-5H,1H3;1H4;1H3. The molecule has 0 bridgehead atoms. The molecule has 0 amide bonds. The Labute approximate surface area is 72.0 Å². The molecule has 0 aromatic heterocycles. The number of aryl methyl sites for hydroxylation is 1. The molecule has 0 aliphatic carbocycles. The van der Waals surface area contributed by atoms with E-state index >= 15 is 0 Å². The molecule has 0 unspecified atom stereocenters. The van der Waals surface area contributed by atoms with Gasteiger partial charge in [-0.3, -0.25) is 10.1 Å². The van der Waals surface area contributed by atoms with Crippen molar-refractivity contribution in [2.75, 3.05) is 0 Å². The van der Waals surface area contributed by atoms with Crippen molar-refractivity contribution in [3.8, 4) is 0 Å². The second-order valence-corrected chi connectivity index (χ2v) is 2.09. The van der Waals surface area contributed by atoms with Gasteiger partial charge in [0, 0.05) is 12.1 Å². The maximum atomic E-state index is 10.1. The summed E-state index contributed by atoms with van der Waals surface area (Å²) in [5.74, 6) is 0. The largest absolute Gasteiger partial charge is 0.344 e. The normalized spacial score (nSPS) is 7.75. The Morgan fingerprint density at radius 2 is 1.67 bits per heavy atom. The third-order valence-corrected chi connectivity index (χ3v) is 1.24. The number of benzene rings is 1. The van der Waals surface area contributed by atoms with Gasteiger partial charge in [-0.2, -0.15) is 0 Å². The van der Waals surface area contributed by atoms with Gasteiger partial charge in [0.2, 0.25) is 0 Å². The molecule has 0 saturated carbocycles. The van der Waals surface area contributed by atoms with Crippen LogP contribution in [0.3, 0.4) is 0 Å². The van der Waals surface area contributed by atoms with Crippen LogP contribution in [0.15, 0.2) is 24.3 Å². The first-order valence-electron chi connectivity index (χ1n) is 2.91. The molecule has 0 aliphatic rings. The van der Waals surface area contributed by atoms with E-state index in [1.54, 1.807) is 12.1 Å². The lowest BCUT2D eigenvalue weighted by Crippen LogP contribution is -1.86. The minimum absolute atomic E-state index is 0. The van der Waals surface area contributed by atoms with E-state index in [-0.39, 0.29) is 19.3 Å². The van der Waals surface area contributed by atoms with E-state index in [1.807, 2.05) is 6.92 Å². The van der Waals surface area contributed by atoms with Crippen LogP contribution in [0.1, 0.15) is 13.0 Å². The average Bonchev–Trinajstić information content (AvgIpc) is 1.88. The molecule has 1 aromatic carbocycles. The summed E-state index contributed by atoms with van der Waals surface area (Å²) in [6.07, 6.45) is 0. The van der Waals surface area contributed by atoms with E-state index in [0.29, 0.717) is 0 Å². The first kappa shape index (κ1) is 13.2. The Bertz CT molecular complexity index is 244. The lowest BCUT2D eigenvalue weighted by atomic mass is 10.2. The van der Waals surface area contributed by atoms with E-state index in [9.17, 15) is 10.1 Å². The van der Waals surface area contributed by atoms with Gasteiger partial charge in [0.25, 0.3) is 5.69 Å². The highest BCUT2D eigenvalue weighted by Gasteiger charge is 2.00. The Hall–Kier alpha value is -1.42. The molecule has 0 saturated heterocycles. The smallest absolute Gasteiger partial charge is 0.269 e. The van der Waals surface area contributed by atoms with Gasteiger partial charge in [-0.25, -0.2) is 0 Å². The number of nitro benzene ring substituents is 1. The van der Waals surface area contributed by atoms with Crippen molar-refractivity contribution in [3.05, 3.63) is 39.9 Å². The van der Waals surface area contributed by atoms with Crippen molar-refractivity contribution in [2.24, 2.45) is 0 Å². The Morgan fingerprint density at radius 3 is 2.00 bits per heavy atom. The third-order valence-electron chi connectivity index (χ3n) is 1.24. The molecule has 0 aliphatic heterocycles. The fourth-order valence-corrected chi connectivity index (χ4v) is 0.666. The average molecular weight is 170 g/mol. The van der Waals surface area contributed by atoms with Crippen LogP contribution in [0.25, 0.3) is 0 Å². The highest BCUT2D eigenvalue weighted by atomic mass is 16.6. The van der Waals surface area contributed by atoms with Gasteiger partial charge in [0.15, 0.2) is 0 Å². The highest BCUT2D eigenvalue weighted by Crippen LogP contribution is 2.10. The summed E-state index contributed by atoms with van der Waals surface area (Å²) < 4.78 is 0. The molecule has 0 fully saturated rings. The number of non-ortho nitro benzene ring substituents is 1. The molecule has 0 radical (unpaired) electrons. The Balaban J connectivity index is 0. The predicted octanol–water partition coefficient (Wildman–Crippen LogP) is 2.70. The zero-order chi connectivity index (χ0) is 7.56. The van der Waals surface area contributed by atoms with Crippen molar-refractivity contribution in [1.29, 1.82) is 0 Å². The zero-order valence-corrected chi connectivity index (χ0v) is 6.28. The van der Waals surface area contributed by atoms with Crippen LogP contribution in [0, 0.1) is 17.0 Å². The molecule has 12 heavy (non-hydrogen) atoms. The van der Waals surface area contributed by atoms with E-state index in [2.05, 4.69) is 0 Å². The second-order valence-electron chi connectivity index (χ2n) is 2.09. The molecule has 0 heterocycles. The molecule has 1 rings (SSSR count). The molecular weight excluding hydrogens is 156 g/mol. The predicted molar refractivity (Wildman–Crippen MR) is 49.6 cm³/mol. The Kier molecular flexibility index (Phi) is 5.78. The van der Waals surface area contributed by atoms with Crippen LogP contribution in [0.5, 0.6) is 0 Å². The maximum Gasteiger partial charge on any atom is 0.269 e. The number of nitrogens with zero attached hydrogens (tertiary/aromatic N) is 1. The fraction of sp³-hybridized carbons (Fsp3) is 0.250. The summed E-state index contributed by atoms with van der Waals surface area (Å²) in [4.78, 5) is 9.71. The van der Waals surface area contributed by atoms with E-state index in [0.717, 1.165) is 5.56 Å². The van der Waals surface area contributed by atoms with Gasteiger partial charge >= 0.3 is 0 Å². The number of rotatable bonds is 1. The van der Waals surface area contributed by atoms with Crippen molar-refractivity contribution in [1.82, 2.24) is 6.15 Å².